The molecule has 4 atom stereocenters. The van der Waals surface area contributed by atoms with Gasteiger partial charge in [0.15, 0.2) is 11.6 Å². The first-order valence-electron chi connectivity index (χ1n) is 15.5. The van der Waals surface area contributed by atoms with Gasteiger partial charge >= 0.3 is 0 Å². The minimum Gasteiger partial charge on any atom is -0.391 e. The van der Waals surface area contributed by atoms with Crippen molar-refractivity contribution in [1.29, 1.82) is 0 Å². The van der Waals surface area contributed by atoms with E-state index in [1.807, 2.05) is 44.2 Å². The third-order valence-corrected chi connectivity index (χ3v) is 8.85. The van der Waals surface area contributed by atoms with E-state index in [1.165, 1.54) is 13.1 Å². The van der Waals surface area contributed by atoms with Crippen molar-refractivity contribution in [3.8, 4) is 0 Å². The van der Waals surface area contributed by atoms with Crippen molar-refractivity contribution in [1.82, 2.24) is 21.3 Å². The summed E-state index contributed by atoms with van der Waals surface area (Å²) in [5, 5.41) is 23.1. The molecule has 0 saturated heterocycles. The molecule has 3 amide bonds. The molecule has 11 nitrogen and oxygen atoms in total. The molecule has 1 aromatic carbocycles. The van der Waals surface area contributed by atoms with Gasteiger partial charge in [0.2, 0.25) is 17.7 Å². The largest absolute Gasteiger partial charge is 0.391 e. The average molecular weight is 608 g/mol. The molecule has 1 aromatic rings. The molecule has 11 heteroatoms. The molecule has 2 unspecified atom stereocenters. The number of ketones is 2. The number of carbonyl (C=O) groups is 5. The highest BCUT2D eigenvalue weighted by molar-refractivity contribution is 6.18. The summed E-state index contributed by atoms with van der Waals surface area (Å²) in [6, 6.07) is 8.61. The number of carbonyl (C=O) groups excluding carboxylic acids is 5. The maximum atomic E-state index is 14.4. The Hall–Kier alpha value is -3.99. The first kappa shape index (κ1) is 32.9. The summed E-state index contributed by atoms with van der Waals surface area (Å²) >= 11 is 0. The van der Waals surface area contributed by atoms with Crippen LogP contribution < -0.4 is 27.0 Å². The molecule has 1 saturated carbocycles. The van der Waals surface area contributed by atoms with E-state index >= 15 is 0 Å². The summed E-state index contributed by atoms with van der Waals surface area (Å²) in [4.78, 5) is 64.9. The molecule has 4 rings (SSSR count). The Kier molecular flexibility index (Phi) is 10.3. The monoisotopic (exact) mass is 607 g/mol. The fourth-order valence-electron chi connectivity index (χ4n) is 6.97. The van der Waals surface area contributed by atoms with Gasteiger partial charge in [0.25, 0.3) is 0 Å². The van der Waals surface area contributed by atoms with E-state index in [0.29, 0.717) is 6.42 Å². The van der Waals surface area contributed by atoms with Crippen LogP contribution in [0, 0.1) is 11.8 Å². The van der Waals surface area contributed by atoms with Gasteiger partial charge in [-0.05, 0) is 36.7 Å². The number of amides is 3. The highest BCUT2D eigenvalue weighted by Crippen LogP contribution is 2.40. The molecule has 1 fully saturated rings. The van der Waals surface area contributed by atoms with Crippen molar-refractivity contribution in [3.05, 3.63) is 59.4 Å². The second-order valence-electron chi connectivity index (χ2n) is 12.9. The van der Waals surface area contributed by atoms with Crippen LogP contribution in [0.25, 0.3) is 0 Å². The summed E-state index contributed by atoms with van der Waals surface area (Å²) in [5.74, 6) is -1.94. The Balaban J connectivity index is 1.54. The second-order valence-corrected chi connectivity index (χ2v) is 12.9. The number of Topliss-reactive ketones (excluding diaryl/α,β-unsaturated/α-hetero) is 2. The van der Waals surface area contributed by atoms with Gasteiger partial charge in [0.05, 0.1) is 12.5 Å². The lowest BCUT2D eigenvalue weighted by Gasteiger charge is -2.35. The molecule has 0 bridgehead atoms. The predicted octanol–water partition coefficient (Wildman–Crippen LogP) is 1.30. The predicted molar refractivity (Wildman–Crippen MR) is 165 cm³/mol. The van der Waals surface area contributed by atoms with E-state index in [2.05, 4.69) is 21.3 Å². The van der Waals surface area contributed by atoms with Crippen LogP contribution in [0.15, 0.2) is 53.9 Å². The lowest BCUT2D eigenvalue weighted by molar-refractivity contribution is -0.130. The van der Waals surface area contributed by atoms with E-state index in [4.69, 9.17) is 5.73 Å². The molecule has 2 aliphatic heterocycles. The smallest absolute Gasteiger partial charge is 0.242 e. The fraction of sp³-hybridized carbons (Fsp3) is 0.545. The Morgan fingerprint density at radius 2 is 1.70 bits per heavy atom. The van der Waals surface area contributed by atoms with Crippen LogP contribution in [-0.2, 0) is 30.4 Å². The van der Waals surface area contributed by atoms with E-state index in [1.54, 1.807) is 6.20 Å². The molecule has 238 valence electrons. The SMILES string of the molecule is CC(=O)N[C@H](C(=O)NCC(O)C[C@]1(CC(C)C)NC=C(C2(Cc3ccccc3)NC=C(CC(N)=O)C2=O)C1=O)C1CCCC1. The first-order chi connectivity index (χ1) is 20.9. The van der Waals surface area contributed by atoms with E-state index < -0.39 is 34.9 Å². The van der Waals surface area contributed by atoms with E-state index in [0.717, 1.165) is 31.2 Å². The first-order valence-corrected chi connectivity index (χ1v) is 15.5. The molecule has 0 aromatic heterocycles. The summed E-state index contributed by atoms with van der Waals surface area (Å²) in [5.41, 5.74) is 3.95. The Morgan fingerprint density at radius 1 is 1.02 bits per heavy atom. The third kappa shape index (κ3) is 7.20. The standard InChI is InChI=1S/C33H45N5O6/c1-20(2)14-32(16-25(40)18-35-31(44)28(38-21(3)39)23-11-7-8-12-23)30(43)26(19-36-32)33(15-22-9-5-4-6-10-22)29(42)24(17-37-33)13-27(34)41/h4-6,9-10,17,19-20,23,25,28,36-37,40H,7-8,11-16,18H2,1-3H3,(H2,34,41)(H,35,44)(H,38,39)/t25?,28-,32-,33?/m0/s1. The van der Waals surface area contributed by atoms with E-state index in [-0.39, 0.29) is 66.4 Å². The highest BCUT2D eigenvalue weighted by atomic mass is 16.3. The maximum absolute atomic E-state index is 14.4. The summed E-state index contributed by atoms with van der Waals surface area (Å²) in [6.45, 7) is 5.20. The normalized spacial score (nSPS) is 24.8. The van der Waals surface area contributed by atoms with Gasteiger partial charge in [-0.25, -0.2) is 0 Å². The zero-order valence-corrected chi connectivity index (χ0v) is 25.8. The number of primary amides is 1. The molecule has 3 aliphatic rings. The zero-order valence-electron chi connectivity index (χ0n) is 25.8. The Morgan fingerprint density at radius 3 is 2.32 bits per heavy atom. The average Bonchev–Trinajstić information content (AvgIpc) is 3.67. The summed E-state index contributed by atoms with van der Waals surface area (Å²) < 4.78 is 0. The van der Waals surface area contributed by atoms with Crippen molar-refractivity contribution in [2.45, 2.75) is 95.4 Å². The quantitative estimate of drug-likeness (QED) is 0.183. The summed E-state index contributed by atoms with van der Waals surface area (Å²) in [6.07, 6.45) is 5.87. The minimum atomic E-state index is -1.46. The molecule has 0 radical (unpaired) electrons. The second kappa shape index (κ2) is 13.8. The van der Waals surface area contributed by atoms with Crippen LogP contribution in [-0.4, -0.2) is 64.2 Å². The van der Waals surface area contributed by atoms with Crippen molar-refractivity contribution in [2.24, 2.45) is 17.6 Å². The van der Waals surface area contributed by atoms with Crippen molar-refractivity contribution in [2.75, 3.05) is 6.54 Å². The third-order valence-electron chi connectivity index (χ3n) is 8.85. The molecule has 2 heterocycles. The molecule has 0 spiro atoms. The number of hydrogen-bond donors (Lipinski definition) is 6. The minimum absolute atomic E-state index is 0.0182. The summed E-state index contributed by atoms with van der Waals surface area (Å²) in [7, 11) is 0. The van der Waals surface area contributed by atoms with Crippen molar-refractivity contribution >= 4 is 29.3 Å². The van der Waals surface area contributed by atoms with Crippen molar-refractivity contribution in [3.63, 3.8) is 0 Å². The van der Waals surface area contributed by atoms with Gasteiger partial charge in [0, 0.05) is 49.9 Å². The Labute approximate surface area is 258 Å². The number of benzene rings is 1. The number of rotatable bonds is 14. The van der Waals surface area contributed by atoms with Gasteiger partial charge in [-0.1, -0.05) is 57.0 Å². The molecule has 44 heavy (non-hydrogen) atoms. The van der Waals surface area contributed by atoms with Gasteiger partial charge in [0.1, 0.15) is 17.1 Å². The number of hydrogen-bond acceptors (Lipinski definition) is 8. The number of nitrogens with one attached hydrogen (secondary N) is 4. The topological polar surface area (TPSA) is 180 Å². The lowest BCUT2D eigenvalue weighted by Crippen LogP contribution is -2.56. The van der Waals surface area contributed by atoms with Gasteiger partial charge in [-0.2, -0.15) is 0 Å². The molecular weight excluding hydrogens is 562 g/mol. The van der Waals surface area contributed by atoms with Gasteiger partial charge < -0.3 is 32.1 Å². The molecule has 7 N–H and O–H groups in total. The lowest BCUT2D eigenvalue weighted by atomic mass is 9.72. The van der Waals surface area contributed by atoms with Crippen LogP contribution in [0.1, 0.15) is 71.3 Å². The van der Waals surface area contributed by atoms with Crippen molar-refractivity contribution < 1.29 is 29.1 Å². The number of aliphatic hydroxyl groups excluding tert-OH is 1. The Bertz CT molecular complexity index is 1340. The van der Waals surface area contributed by atoms with E-state index in [9.17, 15) is 29.1 Å². The molecule has 1 aliphatic carbocycles. The van der Waals surface area contributed by atoms with Crippen LogP contribution >= 0.6 is 0 Å². The highest BCUT2D eigenvalue weighted by Gasteiger charge is 2.56. The molecular formula is C33H45N5O6. The zero-order chi connectivity index (χ0) is 32.1. The maximum Gasteiger partial charge on any atom is 0.242 e. The van der Waals surface area contributed by atoms with Crippen LogP contribution in [0.5, 0.6) is 0 Å². The van der Waals surface area contributed by atoms with Gasteiger partial charge in [-0.3, -0.25) is 24.0 Å². The fourth-order valence-corrected chi connectivity index (χ4v) is 6.97. The van der Waals surface area contributed by atoms with Gasteiger partial charge in [-0.15, -0.1) is 0 Å². The van der Waals surface area contributed by atoms with Crippen LogP contribution in [0.4, 0.5) is 0 Å². The van der Waals surface area contributed by atoms with Crippen LogP contribution in [0.2, 0.25) is 0 Å². The number of nitrogens with two attached hydrogens (primary N) is 1. The van der Waals surface area contributed by atoms with Crippen LogP contribution in [0.3, 0.4) is 0 Å². The number of aliphatic hydroxyl groups is 1.